The lowest BCUT2D eigenvalue weighted by Gasteiger charge is -2.13. The highest BCUT2D eigenvalue weighted by Crippen LogP contribution is 2.30. The fourth-order valence-corrected chi connectivity index (χ4v) is 2.74. The van der Waals surface area contributed by atoms with Gasteiger partial charge in [0.1, 0.15) is 5.75 Å². The predicted molar refractivity (Wildman–Crippen MR) is 98.1 cm³/mol. The zero-order chi connectivity index (χ0) is 20.0. The second kappa shape index (κ2) is 8.98. The quantitative estimate of drug-likeness (QED) is 0.575. The zero-order valence-electron chi connectivity index (χ0n) is 15.2. The van der Waals surface area contributed by atoms with Crippen LogP contribution in [-0.4, -0.2) is 36.4 Å². The number of aryl methyl sites for hydroxylation is 1. The number of methoxy groups -OCH3 is 1. The summed E-state index contributed by atoms with van der Waals surface area (Å²) in [5.41, 5.74) is 0.0659. The third kappa shape index (κ3) is 5.78. The molecule has 0 aliphatic rings. The predicted octanol–water partition coefficient (Wildman–Crippen LogP) is 3.01. The molecule has 148 valence electrons. The molecule has 2 aromatic rings. The Balaban J connectivity index is 1.90. The summed E-state index contributed by atoms with van der Waals surface area (Å²) in [6.45, 7) is 0.455. The van der Waals surface area contributed by atoms with E-state index >= 15 is 0 Å². The number of rotatable bonds is 6. The van der Waals surface area contributed by atoms with Crippen LogP contribution in [0.3, 0.4) is 0 Å². The molecule has 10 heteroatoms. The highest BCUT2D eigenvalue weighted by Gasteiger charge is 2.36. The lowest BCUT2D eigenvalue weighted by atomic mass is 10.1. The van der Waals surface area contributed by atoms with Crippen molar-refractivity contribution >= 4 is 17.6 Å². The summed E-state index contributed by atoms with van der Waals surface area (Å²) in [5.74, 6) is 1.06. The number of alkyl halides is 3. The minimum absolute atomic E-state index is 0.0474. The number of hydrogen-bond acceptors (Lipinski definition) is 3. The van der Waals surface area contributed by atoms with E-state index in [0.717, 1.165) is 10.2 Å². The van der Waals surface area contributed by atoms with Crippen LogP contribution in [-0.2, 0) is 26.2 Å². The number of aromatic nitrogens is 2. The van der Waals surface area contributed by atoms with Gasteiger partial charge in [0.25, 0.3) is 0 Å². The minimum atomic E-state index is -4.50. The molecule has 0 aliphatic carbocycles. The number of guanidine groups is 1. The van der Waals surface area contributed by atoms with Crippen LogP contribution in [0.15, 0.2) is 29.4 Å². The molecule has 27 heavy (non-hydrogen) atoms. The first-order chi connectivity index (χ1) is 12.7. The van der Waals surface area contributed by atoms with Crippen molar-refractivity contribution in [1.29, 1.82) is 0 Å². The first-order valence-corrected chi connectivity index (χ1v) is 8.49. The molecular formula is C17H21ClF3N5O. The Bertz CT molecular complexity index is 804. The number of benzene rings is 1. The van der Waals surface area contributed by atoms with E-state index in [9.17, 15) is 13.2 Å². The molecule has 0 bridgehead atoms. The first kappa shape index (κ1) is 20.9. The van der Waals surface area contributed by atoms with Crippen molar-refractivity contribution in [2.75, 3.05) is 20.7 Å². The molecule has 0 unspecified atom stereocenters. The van der Waals surface area contributed by atoms with Crippen LogP contribution in [0.1, 0.15) is 16.8 Å². The number of aliphatic imine (C=N–C) groups is 1. The second-order valence-electron chi connectivity index (χ2n) is 5.73. The smallest absolute Gasteiger partial charge is 0.435 e. The highest BCUT2D eigenvalue weighted by molar-refractivity contribution is 6.31. The molecule has 2 rings (SSSR count). The van der Waals surface area contributed by atoms with Gasteiger partial charge in [-0.1, -0.05) is 17.7 Å². The van der Waals surface area contributed by atoms with Crippen molar-refractivity contribution in [2.45, 2.75) is 19.1 Å². The molecule has 0 spiro atoms. The van der Waals surface area contributed by atoms with Crippen molar-refractivity contribution in [3.63, 3.8) is 0 Å². The third-order valence-corrected chi connectivity index (χ3v) is 4.14. The van der Waals surface area contributed by atoms with Crippen molar-refractivity contribution in [3.05, 3.63) is 46.2 Å². The van der Waals surface area contributed by atoms with E-state index in [0.29, 0.717) is 29.7 Å². The molecule has 1 aromatic carbocycles. The fraction of sp³-hybridized carbons (Fsp3) is 0.412. The van der Waals surface area contributed by atoms with E-state index in [1.807, 2.05) is 12.1 Å². The van der Waals surface area contributed by atoms with Crippen LogP contribution in [0.5, 0.6) is 5.75 Å². The summed E-state index contributed by atoms with van der Waals surface area (Å²) < 4.78 is 45.2. The molecular weight excluding hydrogens is 383 g/mol. The Morgan fingerprint density at radius 3 is 2.63 bits per heavy atom. The Morgan fingerprint density at radius 1 is 1.30 bits per heavy atom. The van der Waals surface area contributed by atoms with Crippen molar-refractivity contribution in [3.8, 4) is 5.75 Å². The van der Waals surface area contributed by atoms with Crippen molar-refractivity contribution in [1.82, 2.24) is 20.4 Å². The Labute approximate surface area is 160 Å². The first-order valence-electron chi connectivity index (χ1n) is 8.11. The summed E-state index contributed by atoms with van der Waals surface area (Å²) in [7, 11) is 4.56. The number of halogens is 4. The standard InChI is InChI=1S/C17H21ClF3N5O/c1-22-16(23-7-6-11-4-5-13(27-3)8-14(11)18)24-9-12-10-26(2)25-15(12)17(19,20)21/h4-5,8,10H,6-7,9H2,1-3H3,(H2,22,23,24). The van der Waals surface area contributed by atoms with Gasteiger partial charge in [-0.25, -0.2) is 0 Å². The summed E-state index contributed by atoms with van der Waals surface area (Å²) in [6.07, 6.45) is -2.55. The molecule has 0 radical (unpaired) electrons. The van der Waals surface area contributed by atoms with Gasteiger partial charge in [-0.15, -0.1) is 0 Å². The maximum Gasteiger partial charge on any atom is 0.435 e. The molecule has 0 amide bonds. The van der Waals surface area contributed by atoms with Crippen LogP contribution in [0.4, 0.5) is 13.2 Å². The Morgan fingerprint density at radius 2 is 2.04 bits per heavy atom. The SMILES string of the molecule is CN=C(NCCc1ccc(OC)cc1Cl)NCc1cn(C)nc1C(F)(F)F. The largest absolute Gasteiger partial charge is 0.497 e. The fourth-order valence-electron chi connectivity index (χ4n) is 2.48. The Kier molecular flexibility index (Phi) is 6.95. The average Bonchev–Trinajstić information content (AvgIpc) is 3.00. The Hall–Kier alpha value is -2.42. The van der Waals surface area contributed by atoms with Crippen LogP contribution in [0.25, 0.3) is 0 Å². The van der Waals surface area contributed by atoms with Gasteiger partial charge in [0.15, 0.2) is 11.7 Å². The van der Waals surface area contributed by atoms with E-state index in [2.05, 4.69) is 20.7 Å². The average molecular weight is 404 g/mol. The number of nitrogens with one attached hydrogen (secondary N) is 2. The van der Waals surface area contributed by atoms with Crippen LogP contribution in [0.2, 0.25) is 5.02 Å². The summed E-state index contributed by atoms with van der Waals surface area (Å²) in [6, 6.07) is 5.41. The second-order valence-corrected chi connectivity index (χ2v) is 6.14. The molecule has 0 aliphatic heterocycles. The molecule has 0 saturated heterocycles. The van der Waals surface area contributed by atoms with Gasteiger partial charge in [0.2, 0.25) is 0 Å². The van der Waals surface area contributed by atoms with Gasteiger partial charge in [0.05, 0.1) is 7.11 Å². The van der Waals surface area contributed by atoms with Gasteiger partial charge >= 0.3 is 6.18 Å². The monoisotopic (exact) mass is 403 g/mol. The van der Waals surface area contributed by atoms with Gasteiger partial charge in [-0.3, -0.25) is 9.67 Å². The van der Waals surface area contributed by atoms with Crippen LogP contribution < -0.4 is 15.4 Å². The lowest BCUT2D eigenvalue weighted by molar-refractivity contribution is -0.142. The topological polar surface area (TPSA) is 63.5 Å². The van der Waals surface area contributed by atoms with Gasteiger partial charge in [-0.05, 0) is 24.1 Å². The minimum Gasteiger partial charge on any atom is -0.497 e. The van der Waals surface area contributed by atoms with Gasteiger partial charge in [0, 0.05) is 44.0 Å². The molecule has 0 saturated carbocycles. The van der Waals surface area contributed by atoms with E-state index < -0.39 is 11.9 Å². The molecule has 2 N–H and O–H groups in total. The summed E-state index contributed by atoms with van der Waals surface area (Å²) in [4.78, 5) is 4.02. The zero-order valence-corrected chi connectivity index (χ0v) is 15.9. The van der Waals surface area contributed by atoms with E-state index in [1.54, 1.807) is 20.2 Å². The van der Waals surface area contributed by atoms with Crippen molar-refractivity contribution in [2.24, 2.45) is 12.0 Å². The molecule has 0 atom stereocenters. The number of nitrogens with zero attached hydrogens (tertiary/aromatic N) is 3. The molecule has 1 heterocycles. The maximum atomic E-state index is 13.0. The summed E-state index contributed by atoms with van der Waals surface area (Å²) >= 11 is 6.19. The third-order valence-electron chi connectivity index (χ3n) is 3.79. The van der Waals surface area contributed by atoms with Gasteiger partial charge < -0.3 is 15.4 Å². The lowest BCUT2D eigenvalue weighted by Crippen LogP contribution is -2.38. The van der Waals surface area contributed by atoms with Crippen molar-refractivity contribution < 1.29 is 17.9 Å². The molecule has 1 aromatic heterocycles. The normalized spacial score (nSPS) is 12.2. The number of ether oxygens (including phenoxy) is 1. The number of hydrogen-bond donors (Lipinski definition) is 2. The van der Waals surface area contributed by atoms with E-state index in [-0.39, 0.29) is 12.1 Å². The summed E-state index contributed by atoms with van der Waals surface area (Å²) in [5, 5.41) is 9.98. The molecule has 0 fully saturated rings. The van der Waals surface area contributed by atoms with Crippen LogP contribution >= 0.6 is 11.6 Å². The highest BCUT2D eigenvalue weighted by atomic mass is 35.5. The van der Waals surface area contributed by atoms with Crippen LogP contribution in [0, 0.1) is 0 Å². The van der Waals surface area contributed by atoms with E-state index in [1.165, 1.54) is 13.2 Å². The van der Waals surface area contributed by atoms with Gasteiger partial charge in [-0.2, -0.15) is 18.3 Å². The molecule has 6 nitrogen and oxygen atoms in total. The van der Waals surface area contributed by atoms with E-state index in [4.69, 9.17) is 16.3 Å². The maximum absolute atomic E-state index is 13.0.